The van der Waals surface area contributed by atoms with E-state index >= 15 is 0 Å². The maximum absolute atomic E-state index is 4.85. The van der Waals surface area contributed by atoms with E-state index in [1.165, 1.54) is 11.3 Å². The van der Waals surface area contributed by atoms with Gasteiger partial charge in [0, 0.05) is 22.9 Å². The minimum atomic E-state index is -0.0336. The molecule has 0 aliphatic carbocycles. The fourth-order valence-electron chi connectivity index (χ4n) is 2.11. The van der Waals surface area contributed by atoms with Crippen LogP contribution in [0.2, 0.25) is 0 Å². The van der Waals surface area contributed by atoms with Crippen LogP contribution in [0.1, 0.15) is 58.6 Å². The van der Waals surface area contributed by atoms with Gasteiger partial charge in [-0.3, -0.25) is 0 Å². The Hall–Kier alpha value is -1.16. The molecule has 18 heavy (non-hydrogen) atoms. The summed E-state index contributed by atoms with van der Waals surface area (Å²) >= 11 is 0. The van der Waals surface area contributed by atoms with Gasteiger partial charge in [0.25, 0.3) is 0 Å². The van der Waals surface area contributed by atoms with Crippen molar-refractivity contribution in [3.8, 4) is 0 Å². The van der Waals surface area contributed by atoms with Gasteiger partial charge in [-0.05, 0) is 6.42 Å². The maximum atomic E-state index is 4.85. The van der Waals surface area contributed by atoms with Crippen LogP contribution in [0.5, 0.6) is 0 Å². The van der Waals surface area contributed by atoms with Crippen molar-refractivity contribution < 1.29 is 0 Å². The zero-order valence-corrected chi connectivity index (χ0v) is 12.3. The summed E-state index contributed by atoms with van der Waals surface area (Å²) in [4.78, 5) is 9.52. The van der Waals surface area contributed by atoms with E-state index in [0.717, 1.165) is 24.6 Å². The van der Waals surface area contributed by atoms with Crippen LogP contribution in [0.4, 0.5) is 5.82 Å². The SMILES string of the molecule is CC(C)(C)c1nc2c(c(C(C)(C)C)n1)CCNN2. The molecule has 0 radical (unpaired) electrons. The molecule has 2 N–H and O–H groups in total. The van der Waals surface area contributed by atoms with Crippen molar-refractivity contribution in [3.63, 3.8) is 0 Å². The number of nitrogens with one attached hydrogen (secondary N) is 2. The van der Waals surface area contributed by atoms with Gasteiger partial charge >= 0.3 is 0 Å². The number of hydrogen-bond acceptors (Lipinski definition) is 4. The molecule has 100 valence electrons. The lowest BCUT2D eigenvalue weighted by molar-refractivity contribution is 0.504. The number of anilines is 1. The first-order chi connectivity index (χ1) is 8.19. The Morgan fingerprint density at radius 3 is 2.17 bits per heavy atom. The fourth-order valence-corrected chi connectivity index (χ4v) is 2.11. The van der Waals surface area contributed by atoms with Gasteiger partial charge in [-0.25, -0.2) is 15.4 Å². The van der Waals surface area contributed by atoms with Crippen LogP contribution in [-0.4, -0.2) is 16.5 Å². The molecule has 0 saturated heterocycles. The summed E-state index contributed by atoms with van der Waals surface area (Å²) in [6.45, 7) is 14.0. The molecule has 0 aromatic carbocycles. The minimum absolute atomic E-state index is 0.0336. The normalized spacial score (nSPS) is 16.1. The van der Waals surface area contributed by atoms with Gasteiger partial charge in [0.1, 0.15) is 11.6 Å². The quantitative estimate of drug-likeness (QED) is 0.741. The molecule has 0 fully saturated rings. The zero-order valence-electron chi connectivity index (χ0n) is 12.3. The first kappa shape index (κ1) is 13.3. The van der Waals surface area contributed by atoms with Crippen LogP contribution >= 0.6 is 0 Å². The summed E-state index contributed by atoms with van der Waals surface area (Å²) in [5, 5.41) is 0. The van der Waals surface area contributed by atoms with Crippen molar-refractivity contribution in [1.29, 1.82) is 0 Å². The molecule has 4 heteroatoms. The highest BCUT2D eigenvalue weighted by Crippen LogP contribution is 2.32. The average Bonchev–Trinajstić information content (AvgIpc) is 2.25. The Morgan fingerprint density at radius 2 is 1.61 bits per heavy atom. The number of aromatic nitrogens is 2. The van der Waals surface area contributed by atoms with Gasteiger partial charge in [0.15, 0.2) is 0 Å². The molecule has 0 bridgehead atoms. The lowest BCUT2D eigenvalue weighted by atomic mass is 9.86. The number of hydrazine groups is 1. The standard InChI is InChI=1S/C14H24N4/c1-13(2,3)10-9-7-8-15-18-11(9)17-12(16-10)14(4,5)6/h15H,7-8H2,1-6H3,(H,16,17,18). The first-order valence-corrected chi connectivity index (χ1v) is 6.60. The lowest BCUT2D eigenvalue weighted by Crippen LogP contribution is -2.34. The van der Waals surface area contributed by atoms with Crippen LogP contribution in [0.3, 0.4) is 0 Å². The van der Waals surface area contributed by atoms with E-state index in [1.54, 1.807) is 0 Å². The molecule has 0 unspecified atom stereocenters. The molecule has 1 aliphatic heterocycles. The Balaban J connectivity index is 2.63. The predicted molar refractivity (Wildman–Crippen MR) is 74.8 cm³/mol. The zero-order chi connectivity index (χ0) is 13.6. The summed E-state index contributed by atoms with van der Waals surface area (Å²) in [6, 6.07) is 0. The van der Waals surface area contributed by atoms with Crippen molar-refractivity contribution >= 4 is 5.82 Å². The van der Waals surface area contributed by atoms with Gasteiger partial charge < -0.3 is 5.43 Å². The monoisotopic (exact) mass is 248 g/mol. The molecule has 1 aromatic rings. The van der Waals surface area contributed by atoms with Gasteiger partial charge in [-0.1, -0.05) is 41.5 Å². The lowest BCUT2D eigenvalue weighted by Gasteiger charge is -2.29. The summed E-state index contributed by atoms with van der Waals surface area (Å²) in [5.74, 6) is 1.86. The van der Waals surface area contributed by atoms with E-state index in [4.69, 9.17) is 4.98 Å². The van der Waals surface area contributed by atoms with Crippen molar-refractivity contribution in [3.05, 3.63) is 17.1 Å². The number of nitrogens with zero attached hydrogens (tertiary/aromatic N) is 2. The molecule has 2 heterocycles. The van der Waals surface area contributed by atoms with E-state index in [-0.39, 0.29) is 10.8 Å². The van der Waals surface area contributed by atoms with Crippen molar-refractivity contribution in [2.24, 2.45) is 0 Å². The van der Waals surface area contributed by atoms with E-state index in [2.05, 4.69) is 57.4 Å². The van der Waals surface area contributed by atoms with Crippen LogP contribution in [-0.2, 0) is 17.3 Å². The van der Waals surface area contributed by atoms with Crippen LogP contribution in [0.25, 0.3) is 0 Å². The molecule has 0 saturated carbocycles. The Kier molecular flexibility index (Phi) is 3.09. The second-order valence-corrected chi connectivity index (χ2v) is 7.02. The maximum Gasteiger partial charge on any atom is 0.147 e. The highest BCUT2D eigenvalue weighted by Gasteiger charge is 2.28. The van der Waals surface area contributed by atoms with Crippen molar-refractivity contribution in [1.82, 2.24) is 15.4 Å². The molecule has 1 aromatic heterocycles. The Labute approximate surface area is 110 Å². The van der Waals surface area contributed by atoms with E-state index < -0.39 is 0 Å². The molecule has 1 aliphatic rings. The molecule has 0 amide bonds. The molecular formula is C14H24N4. The topological polar surface area (TPSA) is 49.8 Å². The van der Waals surface area contributed by atoms with E-state index in [1.807, 2.05) is 0 Å². The van der Waals surface area contributed by atoms with Crippen molar-refractivity contribution in [2.45, 2.75) is 58.8 Å². The molecule has 0 atom stereocenters. The largest absolute Gasteiger partial charge is 0.305 e. The van der Waals surface area contributed by atoms with Gasteiger partial charge in [0.2, 0.25) is 0 Å². The third kappa shape index (κ3) is 2.48. The Bertz CT molecular complexity index is 452. The van der Waals surface area contributed by atoms with Gasteiger partial charge in [-0.2, -0.15) is 0 Å². The highest BCUT2D eigenvalue weighted by molar-refractivity contribution is 5.50. The molecule has 0 spiro atoms. The number of rotatable bonds is 0. The van der Waals surface area contributed by atoms with Crippen molar-refractivity contribution in [2.75, 3.05) is 12.0 Å². The second kappa shape index (κ2) is 4.19. The number of fused-ring (bicyclic) bond motifs is 1. The van der Waals surface area contributed by atoms with Gasteiger partial charge in [-0.15, -0.1) is 0 Å². The third-order valence-corrected chi connectivity index (χ3v) is 3.10. The minimum Gasteiger partial charge on any atom is -0.305 e. The summed E-state index contributed by atoms with van der Waals surface area (Å²) in [6.07, 6.45) is 0.985. The molecule has 4 nitrogen and oxygen atoms in total. The number of hydrogen-bond donors (Lipinski definition) is 2. The Morgan fingerprint density at radius 1 is 0.944 bits per heavy atom. The van der Waals surface area contributed by atoms with Crippen LogP contribution in [0, 0.1) is 0 Å². The predicted octanol–water partition coefficient (Wildman–Crippen LogP) is 2.54. The highest BCUT2D eigenvalue weighted by atomic mass is 15.4. The molecule has 2 rings (SSSR count). The van der Waals surface area contributed by atoms with Crippen LogP contribution in [0.15, 0.2) is 0 Å². The molecular weight excluding hydrogens is 224 g/mol. The summed E-state index contributed by atoms with van der Waals surface area (Å²) < 4.78 is 0. The third-order valence-electron chi connectivity index (χ3n) is 3.10. The summed E-state index contributed by atoms with van der Waals surface area (Å²) in [5.41, 5.74) is 8.79. The van der Waals surface area contributed by atoms with Crippen LogP contribution < -0.4 is 10.9 Å². The first-order valence-electron chi connectivity index (χ1n) is 6.60. The van der Waals surface area contributed by atoms with E-state index in [0.29, 0.717) is 0 Å². The second-order valence-electron chi connectivity index (χ2n) is 7.02. The van der Waals surface area contributed by atoms with E-state index in [9.17, 15) is 0 Å². The fraction of sp³-hybridized carbons (Fsp3) is 0.714. The average molecular weight is 248 g/mol. The smallest absolute Gasteiger partial charge is 0.147 e. The summed E-state index contributed by atoms with van der Waals surface area (Å²) in [7, 11) is 0. The van der Waals surface area contributed by atoms with Gasteiger partial charge in [0.05, 0.1) is 5.69 Å².